The average Bonchev–Trinajstić information content (AvgIpc) is 2.80. The second kappa shape index (κ2) is 4.98. The van der Waals surface area contributed by atoms with E-state index in [9.17, 15) is 5.11 Å². The highest BCUT2D eigenvalue weighted by Gasteiger charge is 2.14. The Labute approximate surface area is 117 Å². The lowest BCUT2D eigenvalue weighted by atomic mass is 10.1. The van der Waals surface area contributed by atoms with Crippen LogP contribution in [0.1, 0.15) is 16.8 Å². The number of aliphatic hydroxyl groups excluding tert-OH is 1. The number of nitrogens with zero attached hydrogens (tertiary/aromatic N) is 2. The maximum absolute atomic E-state index is 9.57. The van der Waals surface area contributed by atoms with E-state index in [0.717, 1.165) is 22.5 Å². The maximum atomic E-state index is 9.57. The standard InChI is InChI=1S/C16H16N2O2/c1-11-6-7-12(2)14(9-11)20-16-13(10-19)18-8-4-3-5-15(18)17-16/h3-9,19H,10H2,1-2H3. The van der Waals surface area contributed by atoms with Crippen LogP contribution in [0.15, 0.2) is 42.6 Å². The molecule has 3 aromatic rings. The summed E-state index contributed by atoms with van der Waals surface area (Å²) in [6.45, 7) is 3.89. The molecule has 0 aliphatic heterocycles. The lowest BCUT2D eigenvalue weighted by molar-refractivity contribution is 0.269. The van der Waals surface area contributed by atoms with E-state index in [1.165, 1.54) is 0 Å². The molecule has 0 bridgehead atoms. The van der Waals surface area contributed by atoms with Crippen LogP contribution in [0.5, 0.6) is 11.6 Å². The molecule has 4 heteroatoms. The van der Waals surface area contributed by atoms with Crippen molar-refractivity contribution in [3.05, 3.63) is 59.4 Å². The van der Waals surface area contributed by atoms with E-state index in [1.54, 1.807) is 0 Å². The number of imidazole rings is 1. The van der Waals surface area contributed by atoms with E-state index < -0.39 is 0 Å². The Morgan fingerprint density at radius 1 is 1.20 bits per heavy atom. The van der Waals surface area contributed by atoms with Gasteiger partial charge < -0.3 is 9.84 Å². The summed E-state index contributed by atoms with van der Waals surface area (Å²) in [5.41, 5.74) is 3.58. The molecule has 0 aliphatic rings. The second-order valence-corrected chi connectivity index (χ2v) is 4.82. The van der Waals surface area contributed by atoms with E-state index in [-0.39, 0.29) is 6.61 Å². The summed E-state index contributed by atoms with van der Waals surface area (Å²) in [6, 6.07) is 11.7. The van der Waals surface area contributed by atoms with Crippen molar-refractivity contribution >= 4 is 5.65 Å². The molecule has 1 aromatic carbocycles. The zero-order chi connectivity index (χ0) is 14.1. The largest absolute Gasteiger partial charge is 0.437 e. The van der Waals surface area contributed by atoms with Gasteiger partial charge in [-0.25, -0.2) is 0 Å². The number of ether oxygens (including phenoxy) is 1. The number of aryl methyl sites for hydroxylation is 2. The monoisotopic (exact) mass is 268 g/mol. The van der Waals surface area contributed by atoms with Crippen LogP contribution in [-0.2, 0) is 6.61 Å². The smallest absolute Gasteiger partial charge is 0.243 e. The fourth-order valence-corrected chi connectivity index (χ4v) is 2.17. The lowest BCUT2D eigenvalue weighted by Gasteiger charge is -2.08. The highest BCUT2D eigenvalue weighted by Crippen LogP contribution is 2.28. The summed E-state index contributed by atoms with van der Waals surface area (Å²) in [5.74, 6) is 1.22. The van der Waals surface area contributed by atoms with Gasteiger partial charge in [-0.15, -0.1) is 0 Å². The van der Waals surface area contributed by atoms with E-state index in [4.69, 9.17) is 4.74 Å². The summed E-state index contributed by atoms with van der Waals surface area (Å²) in [7, 11) is 0. The number of rotatable bonds is 3. The molecule has 0 saturated heterocycles. The molecule has 2 heterocycles. The predicted octanol–water partition coefficient (Wildman–Crippen LogP) is 3.24. The van der Waals surface area contributed by atoms with Gasteiger partial charge in [0, 0.05) is 6.20 Å². The minimum atomic E-state index is -0.120. The molecule has 0 amide bonds. The third-order valence-electron chi connectivity index (χ3n) is 3.29. The molecule has 0 aliphatic carbocycles. The Hall–Kier alpha value is -2.33. The number of aliphatic hydroxyl groups is 1. The number of aromatic nitrogens is 2. The number of hydrogen-bond acceptors (Lipinski definition) is 3. The third-order valence-corrected chi connectivity index (χ3v) is 3.29. The van der Waals surface area contributed by atoms with Gasteiger partial charge in [0.15, 0.2) is 0 Å². The summed E-state index contributed by atoms with van der Waals surface area (Å²) in [6.07, 6.45) is 1.86. The Morgan fingerprint density at radius 3 is 2.85 bits per heavy atom. The number of fused-ring (bicyclic) bond motifs is 1. The Bertz CT molecular complexity index is 762. The minimum absolute atomic E-state index is 0.120. The molecule has 102 valence electrons. The third kappa shape index (κ3) is 2.14. The maximum Gasteiger partial charge on any atom is 0.243 e. The van der Waals surface area contributed by atoms with Crippen molar-refractivity contribution in [1.29, 1.82) is 0 Å². The van der Waals surface area contributed by atoms with Crippen LogP contribution in [0.2, 0.25) is 0 Å². The molecule has 20 heavy (non-hydrogen) atoms. The van der Waals surface area contributed by atoms with Gasteiger partial charge in [-0.2, -0.15) is 4.98 Å². The first kappa shape index (κ1) is 12.7. The lowest BCUT2D eigenvalue weighted by Crippen LogP contribution is -1.95. The van der Waals surface area contributed by atoms with Gasteiger partial charge in [-0.05, 0) is 43.2 Å². The van der Waals surface area contributed by atoms with E-state index in [1.807, 2.05) is 60.8 Å². The van der Waals surface area contributed by atoms with Crippen LogP contribution in [0.25, 0.3) is 5.65 Å². The van der Waals surface area contributed by atoms with Crippen molar-refractivity contribution in [2.75, 3.05) is 0 Å². The quantitative estimate of drug-likeness (QED) is 0.793. The van der Waals surface area contributed by atoms with Crippen LogP contribution in [0.3, 0.4) is 0 Å². The molecule has 1 N–H and O–H groups in total. The van der Waals surface area contributed by atoms with Crippen molar-refractivity contribution in [3.63, 3.8) is 0 Å². The SMILES string of the molecule is Cc1ccc(C)c(Oc2nc3ccccn3c2CO)c1. The molecule has 0 atom stereocenters. The van der Waals surface area contributed by atoms with E-state index in [0.29, 0.717) is 11.6 Å². The second-order valence-electron chi connectivity index (χ2n) is 4.82. The van der Waals surface area contributed by atoms with Crippen molar-refractivity contribution < 1.29 is 9.84 Å². The van der Waals surface area contributed by atoms with Crippen molar-refractivity contribution in [3.8, 4) is 11.6 Å². The molecule has 2 aromatic heterocycles. The molecule has 3 rings (SSSR count). The summed E-state index contributed by atoms with van der Waals surface area (Å²) < 4.78 is 7.74. The topological polar surface area (TPSA) is 46.8 Å². The molecule has 0 fully saturated rings. The fraction of sp³-hybridized carbons (Fsp3) is 0.188. The van der Waals surface area contributed by atoms with Gasteiger partial charge in [0.2, 0.25) is 5.88 Å². The molecule has 0 spiro atoms. The van der Waals surface area contributed by atoms with E-state index in [2.05, 4.69) is 4.98 Å². The molecule has 4 nitrogen and oxygen atoms in total. The van der Waals surface area contributed by atoms with Crippen molar-refractivity contribution in [2.24, 2.45) is 0 Å². The molecule has 0 saturated carbocycles. The fourth-order valence-electron chi connectivity index (χ4n) is 2.17. The van der Waals surface area contributed by atoms with Gasteiger partial charge in [-0.1, -0.05) is 18.2 Å². The average molecular weight is 268 g/mol. The van der Waals surface area contributed by atoms with Crippen LogP contribution < -0.4 is 4.74 Å². The highest BCUT2D eigenvalue weighted by atomic mass is 16.5. The predicted molar refractivity (Wildman–Crippen MR) is 77.1 cm³/mol. The Balaban J connectivity index is 2.08. The molecule has 0 radical (unpaired) electrons. The van der Waals surface area contributed by atoms with Gasteiger partial charge in [-0.3, -0.25) is 4.40 Å². The summed E-state index contributed by atoms with van der Waals surface area (Å²) >= 11 is 0. The normalized spacial score (nSPS) is 10.9. The zero-order valence-corrected chi connectivity index (χ0v) is 11.5. The van der Waals surface area contributed by atoms with Gasteiger partial charge in [0.25, 0.3) is 0 Å². The van der Waals surface area contributed by atoms with Crippen LogP contribution in [-0.4, -0.2) is 14.5 Å². The van der Waals surface area contributed by atoms with Crippen LogP contribution >= 0.6 is 0 Å². The van der Waals surface area contributed by atoms with Gasteiger partial charge in [0.05, 0.1) is 6.61 Å². The first-order chi connectivity index (χ1) is 9.69. The zero-order valence-electron chi connectivity index (χ0n) is 11.5. The van der Waals surface area contributed by atoms with Crippen molar-refractivity contribution in [2.45, 2.75) is 20.5 Å². The van der Waals surface area contributed by atoms with E-state index >= 15 is 0 Å². The highest BCUT2D eigenvalue weighted by molar-refractivity contribution is 5.47. The first-order valence-electron chi connectivity index (χ1n) is 6.51. The Kier molecular flexibility index (Phi) is 3.16. The van der Waals surface area contributed by atoms with Crippen LogP contribution in [0, 0.1) is 13.8 Å². The number of benzene rings is 1. The number of pyridine rings is 1. The van der Waals surface area contributed by atoms with Gasteiger partial charge in [0.1, 0.15) is 17.1 Å². The first-order valence-corrected chi connectivity index (χ1v) is 6.51. The summed E-state index contributed by atoms with van der Waals surface area (Å²) in [4.78, 5) is 4.43. The number of hydrogen-bond donors (Lipinski definition) is 1. The molecular formula is C16H16N2O2. The van der Waals surface area contributed by atoms with Gasteiger partial charge >= 0.3 is 0 Å². The molecule has 0 unspecified atom stereocenters. The Morgan fingerprint density at radius 2 is 2.05 bits per heavy atom. The molecular weight excluding hydrogens is 252 g/mol. The minimum Gasteiger partial charge on any atom is -0.437 e. The summed E-state index contributed by atoms with van der Waals surface area (Å²) in [5, 5.41) is 9.57. The van der Waals surface area contributed by atoms with Crippen molar-refractivity contribution in [1.82, 2.24) is 9.38 Å². The van der Waals surface area contributed by atoms with Crippen LogP contribution in [0.4, 0.5) is 0 Å².